The molecule has 6 heteroatoms. The fraction of sp³-hybridized carbons (Fsp3) is 0.213. The van der Waals surface area contributed by atoms with E-state index in [4.69, 9.17) is 0 Å². The summed E-state index contributed by atoms with van der Waals surface area (Å²) >= 11 is 0. The lowest BCUT2D eigenvalue weighted by Gasteiger charge is -2.22. The molecule has 0 bridgehead atoms. The first-order valence-electron chi connectivity index (χ1n) is 17.9. The minimum atomic E-state index is -4.54. The molecule has 0 atom stereocenters. The summed E-state index contributed by atoms with van der Waals surface area (Å²) < 4.78 is 47.1. The van der Waals surface area contributed by atoms with Gasteiger partial charge in [0.1, 0.15) is 0 Å². The van der Waals surface area contributed by atoms with E-state index in [0.29, 0.717) is 16.7 Å². The van der Waals surface area contributed by atoms with Crippen LogP contribution in [0.15, 0.2) is 115 Å². The molecule has 6 aromatic carbocycles. The summed E-state index contributed by atoms with van der Waals surface area (Å²) in [7, 11) is 0. The Morgan fingerprint density at radius 3 is 1.45 bits per heavy atom. The Bertz CT molecular complexity index is 2810. The van der Waals surface area contributed by atoms with Gasteiger partial charge in [-0.25, -0.2) is 0 Å². The summed E-state index contributed by atoms with van der Waals surface area (Å²) in [6, 6.07) is 39.9. The highest BCUT2D eigenvalue weighted by molar-refractivity contribution is 6.12. The number of hydrogen-bond acceptors (Lipinski definition) is 1. The van der Waals surface area contributed by atoms with E-state index in [-0.39, 0.29) is 16.4 Å². The summed E-state index contributed by atoms with van der Waals surface area (Å²) in [4.78, 5) is 0. The van der Waals surface area contributed by atoms with Crippen molar-refractivity contribution < 1.29 is 13.2 Å². The highest BCUT2D eigenvalue weighted by Gasteiger charge is 2.32. The van der Waals surface area contributed by atoms with E-state index in [1.54, 1.807) is 13.0 Å². The van der Waals surface area contributed by atoms with E-state index in [0.717, 1.165) is 72.7 Å². The molecule has 0 aliphatic carbocycles. The number of benzene rings is 6. The Balaban J connectivity index is 1.58. The van der Waals surface area contributed by atoms with Crippen molar-refractivity contribution in [1.29, 1.82) is 5.26 Å². The molecule has 8 rings (SSSR count). The summed E-state index contributed by atoms with van der Waals surface area (Å²) in [5.74, 6) is 0. The van der Waals surface area contributed by atoms with Crippen LogP contribution in [0, 0.1) is 18.3 Å². The zero-order valence-electron chi connectivity index (χ0n) is 30.9. The summed E-state index contributed by atoms with van der Waals surface area (Å²) in [5.41, 5.74) is 8.26. The SMILES string of the molecule is Cc1cc(-c2cc(-n3c4ccccc4c4ccc(C(C)(C)C)cc43)c(-n3c4ccccc4c4ccc(C(C)(C)C)cc43)cc2C#N)cc(C(F)(F)F)c1. The maximum absolute atomic E-state index is 14.2. The molecule has 2 heterocycles. The highest BCUT2D eigenvalue weighted by Crippen LogP contribution is 2.43. The fourth-order valence-corrected chi connectivity index (χ4v) is 7.76. The molecule has 264 valence electrons. The molecule has 8 aromatic rings. The van der Waals surface area contributed by atoms with Crippen LogP contribution in [0.1, 0.15) is 69.4 Å². The molecule has 0 aliphatic rings. The number of fused-ring (bicyclic) bond motifs is 6. The van der Waals surface area contributed by atoms with Crippen LogP contribution in [-0.4, -0.2) is 9.13 Å². The van der Waals surface area contributed by atoms with Gasteiger partial charge in [0.2, 0.25) is 0 Å². The van der Waals surface area contributed by atoms with Gasteiger partial charge in [-0.2, -0.15) is 18.4 Å². The minimum absolute atomic E-state index is 0.127. The lowest BCUT2D eigenvalue weighted by Crippen LogP contribution is -2.12. The van der Waals surface area contributed by atoms with Gasteiger partial charge in [0.05, 0.1) is 50.6 Å². The van der Waals surface area contributed by atoms with E-state index in [9.17, 15) is 18.4 Å². The number of aromatic nitrogens is 2. The Labute approximate surface area is 307 Å². The highest BCUT2D eigenvalue weighted by atomic mass is 19.4. The molecule has 53 heavy (non-hydrogen) atoms. The quantitative estimate of drug-likeness (QED) is 0.180. The second-order valence-corrected chi connectivity index (χ2v) is 16.3. The minimum Gasteiger partial charge on any atom is -0.307 e. The van der Waals surface area contributed by atoms with Crippen LogP contribution in [0.3, 0.4) is 0 Å². The predicted molar refractivity (Wildman–Crippen MR) is 212 cm³/mol. The second-order valence-electron chi connectivity index (χ2n) is 16.3. The lowest BCUT2D eigenvalue weighted by molar-refractivity contribution is -0.137. The zero-order valence-corrected chi connectivity index (χ0v) is 30.9. The molecule has 0 unspecified atom stereocenters. The topological polar surface area (TPSA) is 33.6 Å². The van der Waals surface area contributed by atoms with Gasteiger partial charge >= 0.3 is 6.18 Å². The number of aryl methyl sites for hydroxylation is 1. The number of halogens is 3. The van der Waals surface area contributed by atoms with Crippen molar-refractivity contribution in [2.75, 3.05) is 0 Å². The molecule has 2 aromatic heterocycles. The normalized spacial score (nSPS) is 12.7. The Kier molecular flexibility index (Phi) is 7.68. The molecule has 0 radical (unpaired) electrons. The Morgan fingerprint density at radius 2 is 0.981 bits per heavy atom. The largest absolute Gasteiger partial charge is 0.416 e. The van der Waals surface area contributed by atoms with Gasteiger partial charge in [-0.15, -0.1) is 0 Å². The van der Waals surface area contributed by atoms with Crippen molar-refractivity contribution in [3.05, 3.63) is 143 Å². The Hall–Kier alpha value is -5.80. The molecule has 0 N–H and O–H groups in total. The fourth-order valence-electron chi connectivity index (χ4n) is 7.76. The first kappa shape index (κ1) is 34.3. The van der Waals surface area contributed by atoms with Crippen molar-refractivity contribution in [3.63, 3.8) is 0 Å². The van der Waals surface area contributed by atoms with Gasteiger partial charge in [-0.05, 0) is 88.5 Å². The number of nitriles is 1. The number of nitrogens with zero attached hydrogens (tertiary/aromatic N) is 3. The molecule has 0 saturated carbocycles. The van der Waals surface area contributed by atoms with Crippen LogP contribution >= 0.6 is 0 Å². The van der Waals surface area contributed by atoms with E-state index < -0.39 is 11.7 Å². The molecule has 0 aliphatic heterocycles. The van der Waals surface area contributed by atoms with Crippen molar-refractivity contribution >= 4 is 43.6 Å². The first-order valence-corrected chi connectivity index (χ1v) is 17.9. The predicted octanol–water partition coefficient (Wildman–Crippen LogP) is 13.3. The average Bonchev–Trinajstić information content (AvgIpc) is 3.62. The standard InChI is InChI=1S/C47H40F3N3/c1-28-20-29(22-33(21-28)47(48,49)50)38-26-44(53-40-15-11-9-13-35(40)37-19-17-32(25-42(37)53)46(5,6)7)43(23-30(38)27-51)52-39-14-10-8-12-34(39)36-18-16-31(24-41(36)52)45(2,3)4/h8-26H,1-7H3. The number of rotatable bonds is 3. The zero-order chi connectivity index (χ0) is 37.6. The van der Waals surface area contributed by atoms with Crippen molar-refractivity contribution in [2.24, 2.45) is 0 Å². The molecule has 0 spiro atoms. The van der Waals surface area contributed by atoms with E-state index >= 15 is 0 Å². The third kappa shape index (κ3) is 5.67. The first-order chi connectivity index (χ1) is 25.0. The van der Waals surface area contributed by atoms with Crippen LogP contribution in [0.25, 0.3) is 66.1 Å². The monoisotopic (exact) mass is 703 g/mol. The third-order valence-electron chi connectivity index (χ3n) is 10.5. The third-order valence-corrected chi connectivity index (χ3v) is 10.5. The van der Waals surface area contributed by atoms with Crippen LogP contribution < -0.4 is 0 Å². The van der Waals surface area contributed by atoms with Crippen LogP contribution in [0.4, 0.5) is 13.2 Å². The second kappa shape index (κ2) is 11.9. The maximum atomic E-state index is 14.2. The number of para-hydroxylation sites is 2. The summed E-state index contributed by atoms with van der Waals surface area (Å²) in [6.07, 6.45) is -4.54. The van der Waals surface area contributed by atoms with Gasteiger partial charge in [-0.3, -0.25) is 0 Å². The summed E-state index contributed by atoms with van der Waals surface area (Å²) in [5, 5.41) is 15.1. The van der Waals surface area contributed by atoms with E-state index in [2.05, 4.69) is 117 Å². The molecule has 0 amide bonds. The van der Waals surface area contributed by atoms with Crippen LogP contribution in [0.5, 0.6) is 0 Å². The number of hydrogen-bond donors (Lipinski definition) is 0. The van der Waals surface area contributed by atoms with Crippen molar-refractivity contribution in [1.82, 2.24) is 9.13 Å². The smallest absolute Gasteiger partial charge is 0.307 e. The van der Waals surface area contributed by atoms with Crippen LogP contribution in [0.2, 0.25) is 0 Å². The molecule has 0 saturated heterocycles. The summed E-state index contributed by atoms with van der Waals surface area (Å²) in [6.45, 7) is 14.8. The molecule has 0 fully saturated rings. The van der Waals surface area contributed by atoms with Gasteiger partial charge < -0.3 is 9.13 Å². The molecular formula is C47H40F3N3. The molecule has 3 nitrogen and oxygen atoms in total. The van der Waals surface area contributed by atoms with Gasteiger partial charge in [0.25, 0.3) is 0 Å². The van der Waals surface area contributed by atoms with E-state index in [1.165, 1.54) is 5.56 Å². The van der Waals surface area contributed by atoms with Gasteiger partial charge in [0.15, 0.2) is 0 Å². The van der Waals surface area contributed by atoms with E-state index in [1.807, 2.05) is 36.4 Å². The lowest BCUT2D eigenvalue weighted by atomic mass is 9.86. The van der Waals surface area contributed by atoms with Crippen LogP contribution in [-0.2, 0) is 17.0 Å². The maximum Gasteiger partial charge on any atom is 0.416 e. The van der Waals surface area contributed by atoms with Gasteiger partial charge in [0, 0.05) is 27.1 Å². The average molecular weight is 704 g/mol. The van der Waals surface area contributed by atoms with Crippen molar-refractivity contribution in [3.8, 4) is 28.6 Å². The number of alkyl halides is 3. The molecular weight excluding hydrogens is 664 g/mol. The van der Waals surface area contributed by atoms with Gasteiger partial charge in [-0.1, -0.05) is 108 Å². The Morgan fingerprint density at radius 1 is 0.509 bits per heavy atom. The van der Waals surface area contributed by atoms with Crippen molar-refractivity contribution in [2.45, 2.75) is 65.5 Å².